The Morgan fingerprint density at radius 1 is 1.42 bits per heavy atom. The summed E-state index contributed by atoms with van der Waals surface area (Å²) in [5, 5.41) is 19.1. The van der Waals surface area contributed by atoms with E-state index in [1.807, 2.05) is 0 Å². The number of carboxylic acids is 1. The molecule has 19 heavy (non-hydrogen) atoms. The van der Waals surface area contributed by atoms with Crippen LogP contribution in [0.2, 0.25) is 0 Å². The van der Waals surface area contributed by atoms with Crippen LogP contribution in [0, 0.1) is 10.1 Å². The molecule has 0 aliphatic heterocycles. The van der Waals surface area contributed by atoms with E-state index in [-0.39, 0.29) is 23.9 Å². The molecule has 0 radical (unpaired) electrons. The standard InChI is InChI=1S/C11H8N2O6/c14-11(15)9-3-2-8(19-9)6-18-10-4-1-7(5-12-10)13(16)17/h1-5H,6H2,(H,14,15). The van der Waals surface area contributed by atoms with Crippen LogP contribution in [0.5, 0.6) is 5.88 Å². The lowest BCUT2D eigenvalue weighted by atomic mass is 10.4. The number of hydrogen-bond donors (Lipinski definition) is 1. The summed E-state index contributed by atoms with van der Waals surface area (Å²) < 4.78 is 10.2. The molecular weight excluding hydrogens is 256 g/mol. The van der Waals surface area contributed by atoms with Gasteiger partial charge in [0.05, 0.1) is 4.92 Å². The van der Waals surface area contributed by atoms with Gasteiger partial charge in [-0.05, 0) is 12.1 Å². The summed E-state index contributed by atoms with van der Waals surface area (Å²) in [4.78, 5) is 24.2. The minimum atomic E-state index is -1.17. The molecule has 2 aromatic rings. The van der Waals surface area contributed by atoms with Crippen molar-refractivity contribution in [1.82, 2.24) is 4.98 Å². The number of carboxylic acid groups (broad SMARTS) is 1. The molecule has 98 valence electrons. The summed E-state index contributed by atoms with van der Waals surface area (Å²) in [6.45, 7) is -0.0158. The third kappa shape index (κ3) is 3.06. The number of aromatic carboxylic acids is 1. The fourth-order valence-corrected chi connectivity index (χ4v) is 1.28. The highest BCUT2D eigenvalue weighted by Crippen LogP contribution is 2.15. The normalized spacial score (nSPS) is 10.1. The number of furan rings is 1. The second-order valence-electron chi connectivity index (χ2n) is 3.47. The number of nitro groups is 1. The number of aromatic nitrogens is 1. The van der Waals surface area contributed by atoms with Gasteiger partial charge < -0.3 is 14.3 Å². The van der Waals surface area contributed by atoms with Gasteiger partial charge in [-0.2, -0.15) is 0 Å². The van der Waals surface area contributed by atoms with Crippen LogP contribution in [0.15, 0.2) is 34.9 Å². The van der Waals surface area contributed by atoms with E-state index in [1.54, 1.807) is 0 Å². The Kier molecular flexibility index (Phi) is 3.42. The Bertz CT molecular complexity index is 604. The fraction of sp³-hybridized carbons (Fsp3) is 0.0909. The maximum absolute atomic E-state index is 10.6. The van der Waals surface area contributed by atoms with Crippen LogP contribution >= 0.6 is 0 Å². The highest BCUT2D eigenvalue weighted by molar-refractivity contribution is 5.84. The van der Waals surface area contributed by atoms with Gasteiger partial charge in [0, 0.05) is 12.1 Å². The molecule has 0 atom stereocenters. The van der Waals surface area contributed by atoms with Crippen molar-refractivity contribution >= 4 is 11.7 Å². The van der Waals surface area contributed by atoms with Crippen molar-refractivity contribution < 1.29 is 24.0 Å². The van der Waals surface area contributed by atoms with E-state index in [0.29, 0.717) is 5.76 Å². The number of nitrogens with zero attached hydrogens (tertiary/aromatic N) is 2. The highest BCUT2D eigenvalue weighted by Gasteiger charge is 2.10. The first-order chi connectivity index (χ1) is 9.06. The zero-order chi connectivity index (χ0) is 13.8. The number of carbonyl (C=O) groups is 1. The van der Waals surface area contributed by atoms with Crippen LogP contribution in [0.1, 0.15) is 16.3 Å². The van der Waals surface area contributed by atoms with Crippen molar-refractivity contribution in [2.24, 2.45) is 0 Å². The van der Waals surface area contributed by atoms with Crippen molar-refractivity contribution in [1.29, 1.82) is 0 Å². The van der Waals surface area contributed by atoms with Crippen LogP contribution in [-0.4, -0.2) is 21.0 Å². The van der Waals surface area contributed by atoms with Gasteiger partial charge in [0.25, 0.3) is 5.69 Å². The van der Waals surface area contributed by atoms with E-state index in [2.05, 4.69) is 4.98 Å². The number of hydrogen-bond acceptors (Lipinski definition) is 6. The van der Waals surface area contributed by atoms with Gasteiger partial charge in [-0.1, -0.05) is 0 Å². The van der Waals surface area contributed by atoms with Crippen molar-refractivity contribution in [3.05, 3.63) is 52.1 Å². The lowest BCUT2D eigenvalue weighted by Crippen LogP contribution is -1.97. The molecule has 8 nitrogen and oxygen atoms in total. The first-order valence-corrected chi connectivity index (χ1v) is 5.11. The van der Waals surface area contributed by atoms with Crippen LogP contribution in [0.4, 0.5) is 5.69 Å². The molecule has 0 spiro atoms. The van der Waals surface area contributed by atoms with Gasteiger partial charge >= 0.3 is 5.97 Å². The predicted molar refractivity (Wildman–Crippen MR) is 60.9 cm³/mol. The van der Waals surface area contributed by atoms with E-state index in [4.69, 9.17) is 14.3 Å². The zero-order valence-corrected chi connectivity index (χ0v) is 9.48. The van der Waals surface area contributed by atoms with Crippen molar-refractivity contribution in [3.63, 3.8) is 0 Å². The van der Waals surface area contributed by atoms with Gasteiger partial charge in [0.15, 0.2) is 0 Å². The van der Waals surface area contributed by atoms with Gasteiger partial charge in [0.2, 0.25) is 11.6 Å². The van der Waals surface area contributed by atoms with E-state index < -0.39 is 10.9 Å². The largest absolute Gasteiger partial charge is 0.475 e. The Hall–Kier alpha value is -2.90. The second kappa shape index (κ2) is 5.17. The third-order valence-electron chi connectivity index (χ3n) is 2.17. The Labute approximate surface area is 106 Å². The lowest BCUT2D eigenvalue weighted by Gasteiger charge is -2.01. The molecule has 0 aromatic carbocycles. The molecule has 0 aliphatic carbocycles. The Morgan fingerprint density at radius 3 is 2.74 bits per heavy atom. The van der Waals surface area contributed by atoms with Crippen LogP contribution in [0.25, 0.3) is 0 Å². The Balaban J connectivity index is 1.97. The Morgan fingerprint density at radius 2 is 2.21 bits per heavy atom. The van der Waals surface area contributed by atoms with Crippen LogP contribution in [-0.2, 0) is 6.61 Å². The molecule has 8 heteroatoms. The summed E-state index contributed by atoms with van der Waals surface area (Å²) in [7, 11) is 0. The van der Waals surface area contributed by atoms with Crippen molar-refractivity contribution in [2.75, 3.05) is 0 Å². The molecule has 0 fully saturated rings. The third-order valence-corrected chi connectivity index (χ3v) is 2.17. The summed E-state index contributed by atoms with van der Waals surface area (Å²) >= 11 is 0. The quantitative estimate of drug-likeness (QED) is 0.647. The SMILES string of the molecule is O=C(O)c1ccc(COc2ccc([N+](=O)[O-])cn2)o1. The molecule has 0 amide bonds. The topological polar surface area (TPSA) is 116 Å². The molecule has 2 heterocycles. The maximum atomic E-state index is 10.6. The molecule has 0 saturated carbocycles. The van der Waals surface area contributed by atoms with Gasteiger partial charge in [-0.15, -0.1) is 0 Å². The van der Waals surface area contributed by atoms with E-state index in [1.165, 1.54) is 24.3 Å². The first kappa shape index (κ1) is 12.6. The molecule has 2 rings (SSSR count). The minimum Gasteiger partial charge on any atom is -0.475 e. The second-order valence-corrected chi connectivity index (χ2v) is 3.47. The summed E-state index contributed by atoms with van der Waals surface area (Å²) in [6.07, 6.45) is 1.07. The van der Waals surface area contributed by atoms with Crippen molar-refractivity contribution in [3.8, 4) is 5.88 Å². The van der Waals surface area contributed by atoms with Gasteiger partial charge in [0.1, 0.15) is 18.6 Å². The zero-order valence-electron chi connectivity index (χ0n) is 9.48. The molecule has 1 N–H and O–H groups in total. The maximum Gasteiger partial charge on any atom is 0.371 e. The number of ether oxygens (including phenoxy) is 1. The number of rotatable bonds is 5. The molecule has 0 aliphatic rings. The average Bonchev–Trinajstić information content (AvgIpc) is 2.86. The van der Waals surface area contributed by atoms with Crippen LogP contribution < -0.4 is 4.74 Å². The lowest BCUT2D eigenvalue weighted by molar-refractivity contribution is -0.385. The van der Waals surface area contributed by atoms with E-state index in [9.17, 15) is 14.9 Å². The predicted octanol–water partition coefficient (Wildman–Crippen LogP) is 1.86. The van der Waals surface area contributed by atoms with E-state index >= 15 is 0 Å². The smallest absolute Gasteiger partial charge is 0.371 e. The molecule has 2 aromatic heterocycles. The van der Waals surface area contributed by atoms with E-state index in [0.717, 1.165) is 6.20 Å². The number of pyridine rings is 1. The van der Waals surface area contributed by atoms with Crippen molar-refractivity contribution in [2.45, 2.75) is 6.61 Å². The molecular formula is C11H8N2O6. The molecule has 0 unspecified atom stereocenters. The summed E-state index contributed by atoms with van der Waals surface area (Å²) in [6, 6.07) is 5.38. The fourth-order valence-electron chi connectivity index (χ4n) is 1.28. The van der Waals surface area contributed by atoms with Gasteiger partial charge in [-0.25, -0.2) is 9.78 Å². The average molecular weight is 264 g/mol. The summed E-state index contributed by atoms with van der Waals surface area (Å²) in [5.74, 6) is -0.855. The highest BCUT2D eigenvalue weighted by atomic mass is 16.6. The van der Waals surface area contributed by atoms with Crippen LogP contribution in [0.3, 0.4) is 0 Å². The van der Waals surface area contributed by atoms with Gasteiger partial charge in [-0.3, -0.25) is 10.1 Å². The summed E-state index contributed by atoms with van der Waals surface area (Å²) in [5.41, 5.74) is -0.140. The molecule has 0 saturated heterocycles. The minimum absolute atomic E-state index is 0.0158. The monoisotopic (exact) mass is 264 g/mol. The molecule has 0 bridgehead atoms. The first-order valence-electron chi connectivity index (χ1n) is 5.11.